The first-order chi connectivity index (χ1) is 6.40. The van der Waals surface area contributed by atoms with Gasteiger partial charge in [-0.25, -0.2) is 0 Å². The van der Waals surface area contributed by atoms with Crippen LogP contribution in [0, 0.1) is 0 Å². The second-order valence-electron chi connectivity index (χ2n) is 4.11. The molecule has 0 amide bonds. The molecule has 0 saturated carbocycles. The average Bonchev–Trinajstić information content (AvgIpc) is 2.70. The van der Waals surface area contributed by atoms with E-state index in [1.807, 2.05) is 0 Å². The van der Waals surface area contributed by atoms with Crippen molar-refractivity contribution in [1.29, 1.82) is 0 Å². The number of nitrogens with zero attached hydrogens (tertiary/aromatic N) is 2. The topological polar surface area (TPSA) is 23.6 Å². The molecule has 2 heterocycles. The minimum atomic E-state index is 0.629. The van der Waals surface area contributed by atoms with Crippen molar-refractivity contribution in [3.63, 3.8) is 0 Å². The molecule has 0 bridgehead atoms. The summed E-state index contributed by atoms with van der Waals surface area (Å²) in [6.07, 6.45) is 4.62. The van der Waals surface area contributed by atoms with Crippen molar-refractivity contribution in [3.05, 3.63) is 0 Å². The van der Waals surface area contributed by atoms with Crippen molar-refractivity contribution in [3.8, 4) is 0 Å². The van der Waals surface area contributed by atoms with Crippen LogP contribution in [0.4, 0.5) is 0 Å². The van der Waals surface area contributed by atoms with E-state index in [1.54, 1.807) is 0 Å². The van der Waals surface area contributed by atoms with Gasteiger partial charge in [-0.3, -0.25) is 0 Å². The zero-order valence-corrected chi connectivity index (χ0v) is 8.11. The molecule has 2 aliphatic rings. The van der Waals surface area contributed by atoms with Crippen LogP contribution in [-0.2, 0) is 4.70 Å². The fourth-order valence-electron chi connectivity index (χ4n) is 2.49. The van der Waals surface area contributed by atoms with E-state index < -0.39 is 0 Å². The zero-order chi connectivity index (χ0) is 9.10. The van der Waals surface area contributed by atoms with Crippen LogP contribution in [0.3, 0.4) is 0 Å². The van der Waals surface area contributed by atoms with Gasteiger partial charge in [-0.15, -0.1) is 0 Å². The SMILES string of the molecule is O=BCN1CCC(N2CCCC2)C1. The molecular formula is C9H17BN2O. The van der Waals surface area contributed by atoms with Gasteiger partial charge in [0, 0.05) is 0 Å². The summed E-state index contributed by atoms with van der Waals surface area (Å²) in [5, 5.41) is 0. The van der Waals surface area contributed by atoms with E-state index in [0.717, 1.165) is 26.3 Å². The van der Waals surface area contributed by atoms with Crippen LogP contribution in [0.25, 0.3) is 0 Å². The molecule has 13 heavy (non-hydrogen) atoms. The van der Waals surface area contributed by atoms with Gasteiger partial charge in [-0.05, 0) is 0 Å². The Kier molecular flexibility index (Phi) is 3.11. The molecule has 0 aromatic carbocycles. The second kappa shape index (κ2) is 4.33. The van der Waals surface area contributed by atoms with E-state index in [2.05, 4.69) is 9.80 Å². The summed E-state index contributed by atoms with van der Waals surface area (Å²) in [6.45, 7) is 4.78. The van der Waals surface area contributed by atoms with Gasteiger partial charge in [0.25, 0.3) is 0 Å². The van der Waals surface area contributed by atoms with Gasteiger partial charge in [0.2, 0.25) is 0 Å². The Balaban J connectivity index is 1.79. The summed E-state index contributed by atoms with van der Waals surface area (Å²) in [7, 11) is 1.02. The van der Waals surface area contributed by atoms with E-state index in [0.29, 0.717) is 6.44 Å². The van der Waals surface area contributed by atoms with Crippen LogP contribution in [-0.4, -0.2) is 55.6 Å². The molecule has 3 nitrogen and oxygen atoms in total. The molecule has 2 aliphatic heterocycles. The molecular weight excluding hydrogens is 163 g/mol. The van der Waals surface area contributed by atoms with Gasteiger partial charge in [-0.1, -0.05) is 0 Å². The molecule has 0 N–H and O–H groups in total. The molecule has 2 saturated heterocycles. The normalized spacial score (nSPS) is 30.9. The van der Waals surface area contributed by atoms with E-state index in [9.17, 15) is 4.70 Å². The standard InChI is InChI=1S/C9H17BN2O/c13-10-8-11-6-3-9(7-11)12-4-1-2-5-12/h9H,1-8H2. The van der Waals surface area contributed by atoms with Crippen LogP contribution < -0.4 is 0 Å². The molecule has 72 valence electrons. The average molecular weight is 180 g/mol. The van der Waals surface area contributed by atoms with Crippen molar-refractivity contribution in [2.24, 2.45) is 0 Å². The van der Waals surface area contributed by atoms with Gasteiger partial charge in [0.1, 0.15) is 0 Å². The molecule has 0 aromatic heterocycles. The summed E-state index contributed by atoms with van der Waals surface area (Å²) in [5.74, 6) is 0. The number of hydrogen-bond acceptors (Lipinski definition) is 3. The maximum absolute atomic E-state index is 10.3. The summed E-state index contributed by atoms with van der Waals surface area (Å²) < 4.78 is 10.3. The van der Waals surface area contributed by atoms with Gasteiger partial charge >= 0.3 is 79.6 Å². The van der Waals surface area contributed by atoms with Crippen molar-refractivity contribution < 1.29 is 4.70 Å². The van der Waals surface area contributed by atoms with Crippen molar-refractivity contribution >= 4 is 7.15 Å². The molecule has 4 heteroatoms. The van der Waals surface area contributed by atoms with Gasteiger partial charge < -0.3 is 0 Å². The zero-order valence-electron chi connectivity index (χ0n) is 8.11. The number of rotatable bonds is 3. The van der Waals surface area contributed by atoms with Crippen LogP contribution in [0.1, 0.15) is 19.3 Å². The first kappa shape index (κ1) is 9.34. The van der Waals surface area contributed by atoms with Crippen LogP contribution in [0.5, 0.6) is 0 Å². The third kappa shape index (κ3) is 2.17. The van der Waals surface area contributed by atoms with E-state index in [1.165, 1.54) is 32.4 Å². The summed E-state index contributed by atoms with van der Waals surface area (Å²) in [4.78, 5) is 4.85. The molecule has 0 aliphatic carbocycles. The Morgan fingerprint density at radius 3 is 2.69 bits per heavy atom. The Morgan fingerprint density at radius 2 is 2.00 bits per heavy atom. The molecule has 0 spiro atoms. The van der Waals surface area contributed by atoms with Gasteiger partial charge in [-0.2, -0.15) is 0 Å². The fraction of sp³-hybridized carbons (Fsp3) is 1.00. The third-order valence-corrected chi connectivity index (χ3v) is 3.24. The molecule has 0 aromatic rings. The Morgan fingerprint density at radius 1 is 1.23 bits per heavy atom. The fourth-order valence-corrected chi connectivity index (χ4v) is 2.49. The van der Waals surface area contributed by atoms with Gasteiger partial charge in [0.15, 0.2) is 0 Å². The summed E-state index contributed by atoms with van der Waals surface area (Å²) in [6, 6.07) is 0.738. The molecule has 2 fully saturated rings. The minimum absolute atomic E-state index is 0.629. The monoisotopic (exact) mass is 180 g/mol. The molecule has 2 rings (SSSR count). The maximum atomic E-state index is 10.3. The Bertz CT molecular complexity index is 182. The van der Waals surface area contributed by atoms with Crippen LogP contribution in [0.2, 0.25) is 0 Å². The van der Waals surface area contributed by atoms with Gasteiger partial charge in [0.05, 0.1) is 0 Å². The first-order valence-electron chi connectivity index (χ1n) is 5.30. The second-order valence-corrected chi connectivity index (χ2v) is 4.11. The van der Waals surface area contributed by atoms with Crippen molar-refractivity contribution in [2.45, 2.75) is 25.3 Å². The van der Waals surface area contributed by atoms with E-state index in [-0.39, 0.29) is 0 Å². The Labute approximate surface area is 80.3 Å². The number of hydrogen-bond donors (Lipinski definition) is 0. The van der Waals surface area contributed by atoms with Crippen molar-refractivity contribution in [1.82, 2.24) is 9.80 Å². The Hall–Kier alpha value is -0.215. The summed E-state index contributed by atoms with van der Waals surface area (Å²) in [5.41, 5.74) is 0. The quantitative estimate of drug-likeness (QED) is 0.578. The molecule has 1 unspecified atom stereocenters. The predicted molar refractivity (Wildman–Crippen MR) is 52.1 cm³/mol. The van der Waals surface area contributed by atoms with Crippen LogP contribution in [0.15, 0.2) is 0 Å². The molecule has 1 atom stereocenters. The first-order valence-corrected chi connectivity index (χ1v) is 5.30. The van der Waals surface area contributed by atoms with Crippen molar-refractivity contribution in [2.75, 3.05) is 32.6 Å². The molecule has 0 radical (unpaired) electrons. The van der Waals surface area contributed by atoms with E-state index in [4.69, 9.17) is 0 Å². The third-order valence-electron chi connectivity index (χ3n) is 3.24. The van der Waals surface area contributed by atoms with Crippen LogP contribution >= 0.6 is 0 Å². The van der Waals surface area contributed by atoms with E-state index >= 15 is 0 Å². The predicted octanol–water partition coefficient (Wildman–Crippen LogP) is 0.164. The summed E-state index contributed by atoms with van der Waals surface area (Å²) >= 11 is 0. The number of likely N-dealkylation sites (tertiary alicyclic amines) is 2.